The molecule has 0 saturated heterocycles. The SMILES string of the molecule is C=C(C[C@@H]1C=C(c2ccccc2)C(=O)O1)[Si](C)(C)C. The molecule has 0 radical (unpaired) electrons. The number of benzene rings is 1. The van der Waals surface area contributed by atoms with E-state index in [1.165, 1.54) is 5.20 Å². The highest BCUT2D eigenvalue weighted by atomic mass is 28.3. The first kappa shape index (κ1) is 13.8. The van der Waals surface area contributed by atoms with Crippen molar-refractivity contribution in [2.75, 3.05) is 0 Å². The Hall–Kier alpha value is -1.61. The summed E-state index contributed by atoms with van der Waals surface area (Å²) >= 11 is 0. The van der Waals surface area contributed by atoms with Crippen LogP contribution in [0.2, 0.25) is 19.6 Å². The lowest BCUT2D eigenvalue weighted by atomic mass is 10.1. The maximum atomic E-state index is 11.9. The molecular formula is C16H20O2Si. The molecule has 1 aromatic rings. The quantitative estimate of drug-likeness (QED) is 0.615. The Kier molecular flexibility index (Phi) is 3.76. The van der Waals surface area contributed by atoms with Gasteiger partial charge in [0.1, 0.15) is 6.10 Å². The molecule has 1 aliphatic heterocycles. The van der Waals surface area contributed by atoms with Crippen LogP contribution in [-0.2, 0) is 9.53 Å². The first-order valence-electron chi connectivity index (χ1n) is 6.54. The van der Waals surface area contributed by atoms with Gasteiger partial charge in [-0.2, -0.15) is 0 Å². The van der Waals surface area contributed by atoms with Crippen LogP contribution in [0.1, 0.15) is 12.0 Å². The molecule has 1 aromatic carbocycles. The van der Waals surface area contributed by atoms with E-state index in [0.29, 0.717) is 5.57 Å². The minimum absolute atomic E-state index is 0.151. The second kappa shape index (κ2) is 5.17. The fourth-order valence-corrected chi connectivity index (χ4v) is 2.78. The lowest BCUT2D eigenvalue weighted by Crippen LogP contribution is -2.26. The molecule has 100 valence electrons. The first-order chi connectivity index (χ1) is 8.88. The van der Waals surface area contributed by atoms with Crippen LogP contribution < -0.4 is 0 Å². The second-order valence-electron chi connectivity index (χ2n) is 5.95. The number of hydrogen-bond donors (Lipinski definition) is 0. The van der Waals surface area contributed by atoms with Gasteiger partial charge in [-0.05, 0) is 11.6 Å². The predicted molar refractivity (Wildman–Crippen MR) is 81.4 cm³/mol. The van der Waals surface area contributed by atoms with Crippen molar-refractivity contribution in [2.24, 2.45) is 0 Å². The third-order valence-corrected chi connectivity index (χ3v) is 5.75. The van der Waals surface area contributed by atoms with Gasteiger partial charge in [-0.3, -0.25) is 0 Å². The van der Waals surface area contributed by atoms with E-state index in [0.717, 1.165) is 12.0 Å². The van der Waals surface area contributed by atoms with Crippen molar-refractivity contribution in [2.45, 2.75) is 32.2 Å². The van der Waals surface area contributed by atoms with Crippen LogP contribution in [0.5, 0.6) is 0 Å². The van der Waals surface area contributed by atoms with Gasteiger partial charge >= 0.3 is 5.97 Å². The van der Waals surface area contributed by atoms with E-state index in [1.807, 2.05) is 36.4 Å². The molecule has 0 amide bonds. The molecule has 0 aromatic heterocycles. The Labute approximate surface area is 115 Å². The van der Waals surface area contributed by atoms with Gasteiger partial charge in [0.15, 0.2) is 0 Å². The molecule has 19 heavy (non-hydrogen) atoms. The van der Waals surface area contributed by atoms with Gasteiger partial charge in [0, 0.05) is 6.42 Å². The molecule has 1 aliphatic rings. The fraction of sp³-hybridized carbons (Fsp3) is 0.312. The monoisotopic (exact) mass is 272 g/mol. The van der Waals surface area contributed by atoms with Crippen LogP contribution in [0, 0.1) is 0 Å². The minimum atomic E-state index is -1.37. The number of rotatable bonds is 4. The highest BCUT2D eigenvalue weighted by Crippen LogP contribution is 2.28. The summed E-state index contributed by atoms with van der Waals surface area (Å²) in [5.74, 6) is -0.223. The van der Waals surface area contributed by atoms with Crippen molar-refractivity contribution >= 4 is 19.6 Å². The second-order valence-corrected chi connectivity index (χ2v) is 11.2. The van der Waals surface area contributed by atoms with E-state index in [9.17, 15) is 4.79 Å². The van der Waals surface area contributed by atoms with E-state index in [1.54, 1.807) is 0 Å². The third kappa shape index (κ3) is 3.23. The summed E-state index contributed by atoms with van der Waals surface area (Å²) in [6.45, 7) is 10.9. The summed E-state index contributed by atoms with van der Waals surface area (Å²) in [5, 5.41) is 1.23. The van der Waals surface area contributed by atoms with E-state index < -0.39 is 8.07 Å². The van der Waals surface area contributed by atoms with Crippen LogP contribution in [0.25, 0.3) is 5.57 Å². The van der Waals surface area contributed by atoms with Crippen molar-refractivity contribution in [1.82, 2.24) is 0 Å². The van der Waals surface area contributed by atoms with Crippen LogP contribution in [0.15, 0.2) is 48.2 Å². The van der Waals surface area contributed by atoms with Crippen LogP contribution in [0.4, 0.5) is 0 Å². The van der Waals surface area contributed by atoms with Gasteiger partial charge in [0.25, 0.3) is 0 Å². The standard InChI is InChI=1S/C16H20O2Si/c1-12(19(2,3)4)10-14-11-15(16(17)18-14)13-8-6-5-7-9-13/h5-9,11,14H,1,10H2,2-4H3/t14-/m1/s1. The summed E-state index contributed by atoms with van der Waals surface area (Å²) in [6.07, 6.45) is 2.53. The van der Waals surface area contributed by atoms with Crippen molar-refractivity contribution in [3.05, 3.63) is 53.7 Å². The first-order valence-corrected chi connectivity index (χ1v) is 10.0. The number of ether oxygens (including phenoxy) is 1. The maximum absolute atomic E-state index is 11.9. The largest absolute Gasteiger partial charge is 0.454 e. The molecule has 3 heteroatoms. The Bertz CT molecular complexity index is 523. The summed E-state index contributed by atoms with van der Waals surface area (Å²) in [5.41, 5.74) is 1.60. The normalized spacial score (nSPS) is 19.0. The topological polar surface area (TPSA) is 26.3 Å². The minimum Gasteiger partial charge on any atom is -0.454 e. The third-order valence-electron chi connectivity index (χ3n) is 3.42. The molecule has 0 unspecified atom stereocenters. The summed E-state index contributed by atoms with van der Waals surface area (Å²) < 4.78 is 5.42. The van der Waals surface area contributed by atoms with Gasteiger partial charge in [-0.1, -0.05) is 55.2 Å². The van der Waals surface area contributed by atoms with E-state index >= 15 is 0 Å². The van der Waals surface area contributed by atoms with Gasteiger partial charge in [-0.15, -0.1) is 6.58 Å². The van der Waals surface area contributed by atoms with Crippen LogP contribution >= 0.6 is 0 Å². The summed E-state index contributed by atoms with van der Waals surface area (Å²) in [6, 6.07) is 9.66. The van der Waals surface area contributed by atoms with Gasteiger partial charge in [0.05, 0.1) is 13.6 Å². The maximum Gasteiger partial charge on any atom is 0.339 e. The highest BCUT2D eigenvalue weighted by Gasteiger charge is 2.29. The zero-order chi connectivity index (χ0) is 14.0. The lowest BCUT2D eigenvalue weighted by molar-refractivity contribution is -0.137. The molecule has 1 heterocycles. The number of carbonyl (C=O) groups is 1. The van der Waals surface area contributed by atoms with Crippen molar-refractivity contribution in [3.63, 3.8) is 0 Å². The Balaban J connectivity index is 2.14. The van der Waals surface area contributed by atoms with Crippen molar-refractivity contribution in [3.8, 4) is 0 Å². The Morgan fingerprint density at radius 2 is 1.89 bits per heavy atom. The van der Waals surface area contributed by atoms with E-state index in [4.69, 9.17) is 4.74 Å². The molecule has 0 bridgehead atoms. The van der Waals surface area contributed by atoms with Gasteiger partial charge < -0.3 is 4.74 Å². The van der Waals surface area contributed by atoms with Gasteiger partial charge in [0.2, 0.25) is 0 Å². The number of hydrogen-bond acceptors (Lipinski definition) is 2. The predicted octanol–water partition coefficient (Wildman–Crippen LogP) is 3.82. The van der Waals surface area contributed by atoms with Crippen LogP contribution in [0.3, 0.4) is 0 Å². The van der Waals surface area contributed by atoms with Crippen LogP contribution in [-0.4, -0.2) is 20.1 Å². The molecular weight excluding hydrogens is 252 g/mol. The Morgan fingerprint density at radius 1 is 1.26 bits per heavy atom. The fourth-order valence-electron chi connectivity index (χ4n) is 1.97. The molecule has 2 rings (SSSR count). The summed E-state index contributed by atoms with van der Waals surface area (Å²) in [7, 11) is -1.37. The average Bonchev–Trinajstić information content (AvgIpc) is 2.70. The smallest absolute Gasteiger partial charge is 0.339 e. The van der Waals surface area contributed by atoms with Crippen molar-refractivity contribution < 1.29 is 9.53 Å². The highest BCUT2D eigenvalue weighted by molar-refractivity contribution is 6.82. The molecule has 0 spiro atoms. The molecule has 0 N–H and O–H groups in total. The Morgan fingerprint density at radius 3 is 2.47 bits per heavy atom. The number of esters is 1. The average molecular weight is 272 g/mol. The van der Waals surface area contributed by atoms with E-state index in [-0.39, 0.29) is 12.1 Å². The van der Waals surface area contributed by atoms with Gasteiger partial charge in [-0.25, -0.2) is 4.79 Å². The zero-order valence-corrected chi connectivity index (χ0v) is 12.8. The molecule has 2 nitrogen and oxygen atoms in total. The number of cyclic esters (lactones) is 1. The molecule has 0 fully saturated rings. The molecule has 0 saturated carbocycles. The zero-order valence-electron chi connectivity index (χ0n) is 11.8. The van der Waals surface area contributed by atoms with E-state index in [2.05, 4.69) is 26.2 Å². The summed E-state index contributed by atoms with van der Waals surface area (Å²) in [4.78, 5) is 11.9. The van der Waals surface area contributed by atoms with Crippen molar-refractivity contribution in [1.29, 1.82) is 0 Å². The number of carbonyl (C=O) groups excluding carboxylic acids is 1. The molecule has 1 atom stereocenters. The lowest BCUT2D eigenvalue weighted by Gasteiger charge is -2.21. The molecule has 0 aliphatic carbocycles.